The summed E-state index contributed by atoms with van der Waals surface area (Å²) >= 11 is 0. The van der Waals surface area contributed by atoms with E-state index in [0.29, 0.717) is 23.7 Å². The van der Waals surface area contributed by atoms with Crippen molar-refractivity contribution in [2.24, 2.45) is 5.92 Å². The maximum Gasteiger partial charge on any atom is 0.251 e. The highest BCUT2D eigenvalue weighted by molar-refractivity contribution is 5.95. The molecule has 5 heteroatoms. The first kappa shape index (κ1) is 15.5. The first-order valence-electron chi connectivity index (χ1n) is 7.38. The highest BCUT2D eigenvalue weighted by atomic mass is 16.3. The zero-order chi connectivity index (χ0) is 15.2. The predicted octanol–water partition coefficient (Wildman–Crippen LogP) is 1.93. The molecule has 114 valence electrons. The number of rotatable bonds is 4. The van der Waals surface area contributed by atoms with Crippen molar-refractivity contribution in [2.75, 3.05) is 11.9 Å². The second-order valence-corrected chi connectivity index (χ2v) is 5.66. The Bertz CT molecular complexity index is 499. The molecular weight excluding hydrogens is 268 g/mol. The summed E-state index contributed by atoms with van der Waals surface area (Å²) in [6.07, 6.45) is 3.49. The van der Waals surface area contributed by atoms with Gasteiger partial charge in [-0.05, 0) is 49.4 Å². The smallest absolute Gasteiger partial charge is 0.251 e. The summed E-state index contributed by atoms with van der Waals surface area (Å²) in [5, 5.41) is 15.2. The Morgan fingerprint density at radius 1 is 1.24 bits per heavy atom. The number of carbonyl (C=O) groups is 2. The Morgan fingerprint density at radius 2 is 1.95 bits per heavy atom. The van der Waals surface area contributed by atoms with Gasteiger partial charge in [0, 0.05) is 24.7 Å². The quantitative estimate of drug-likeness (QED) is 0.793. The summed E-state index contributed by atoms with van der Waals surface area (Å²) < 4.78 is 0. The molecule has 0 spiro atoms. The molecule has 0 aromatic heterocycles. The third-order valence-corrected chi connectivity index (χ3v) is 3.77. The molecule has 1 fully saturated rings. The average Bonchev–Trinajstić information content (AvgIpc) is 2.45. The molecule has 0 radical (unpaired) electrons. The summed E-state index contributed by atoms with van der Waals surface area (Å²) in [5.74, 6) is 0.101. The van der Waals surface area contributed by atoms with E-state index in [9.17, 15) is 14.7 Å². The number of amides is 2. The van der Waals surface area contributed by atoms with Crippen LogP contribution >= 0.6 is 0 Å². The lowest BCUT2D eigenvalue weighted by atomic mass is 9.87. The molecular formula is C16H22N2O3. The third-order valence-electron chi connectivity index (χ3n) is 3.77. The largest absolute Gasteiger partial charge is 0.393 e. The second kappa shape index (κ2) is 7.22. The zero-order valence-electron chi connectivity index (χ0n) is 12.3. The molecule has 0 bridgehead atoms. The zero-order valence-corrected chi connectivity index (χ0v) is 12.3. The van der Waals surface area contributed by atoms with Crippen LogP contribution in [-0.2, 0) is 4.79 Å². The van der Waals surface area contributed by atoms with Crippen molar-refractivity contribution >= 4 is 17.5 Å². The van der Waals surface area contributed by atoms with Gasteiger partial charge in [0.25, 0.3) is 5.91 Å². The Hall–Kier alpha value is -1.88. The van der Waals surface area contributed by atoms with Crippen LogP contribution in [0.3, 0.4) is 0 Å². The second-order valence-electron chi connectivity index (χ2n) is 5.66. The molecule has 1 aromatic rings. The van der Waals surface area contributed by atoms with E-state index in [-0.39, 0.29) is 17.9 Å². The molecule has 5 nitrogen and oxygen atoms in total. The van der Waals surface area contributed by atoms with Crippen molar-refractivity contribution in [3.8, 4) is 0 Å². The average molecular weight is 290 g/mol. The Labute approximate surface area is 124 Å². The molecule has 0 heterocycles. The first-order valence-corrected chi connectivity index (χ1v) is 7.38. The van der Waals surface area contributed by atoms with Crippen LogP contribution in [0.25, 0.3) is 0 Å². The lowest BCUT2D eigenvalue weighted by molar-refractivity contribution is -0.114. The molecule has 2 rings (SSSR count). The van der Waals surface area contributed by atoms with Crippen molar-refractivity contribution in [3.63, 3.8) is 0 Å². The number of aliphatic hydroxyl groups is 1. The van der Waals surface area contributed by atoms with E-state index < -0.39 is 0 Å². The van der Waals surface area contributed by atoms with Gasteiger partial charge in [0.2, 0.25) is 5.91 Å². The van der Waals surface area contributed by atoms with Crippen LogP contribution in [0.5, 0.6) is 0 Å². The fourth-order valence-corrected chi connectivity index (χ4v) is 2.70. The minimum atomic E-state index is -0.224. The molecule has 0 aliphatic heterocycles. The summed E-state index contributed by atoms with van der Waals surface area (Å²) in [7, 11) is 0. The third kappa shape index (κ3) is 4.86. The molecule has 3 N–H and O–H groups in total. The number of nitrogens with one attached hydrogen (secondary N) is 2. The minimum Gasteiger partial charge on any atom is -0.393 e. The van der Waals surface area contributed by atoms with Gasteiger partial charge in [0.15, 0.2) is 0 Å². The lowest BCUT2D eigenvalue weighted by Gasteiger charge is -2.25. The van der Waals surface area contributed by atoms with Crippen LogP contribution in [0.15, 0.2) is 24.3 Å². The van der Waals surface area contributed by atoms with E-state index in [4.69, 9.17) is 0 Å². The van der Waals surface area contributed by atoms with E-state index in [1.165, 1.54) is 6.92 Å². The number of aliphatic hydroxyl groups excluding tert-OH is 1. The van der Waals surface area contributed by atoms with Crippen molar-refractivity contribution < 1.29 is 14.7 Å². The molecule has 1 aliphatic carbocycles. The van der Waals surface area contributed by atoms with E-state index in [0.717, 1.165) is 25.7 Å². The van der Waals surface area contributed by atoms with Crippen LogP contribution in [0.1, 0.15) is 43.0 Å². The standard InChI is InChI=1S/C16H22N2O3/c1-11(19)18-14-7-5-13(6-8-14)16(21)17-10-12-3-2-4-15(20)9-12/h5-8,12,15,20H,2-4,9-10H2,1H3,(H,17,21)(H,18,19). The van der Waals surface area contributed by atoms with Gasteiger partial charge >= 0.3 is 0 Å². The highest BCUT2D eigenvalue weighted by Gasteiger charge is 2.20. The van der Waals surface area contributed by atoms with Crippen molar-refractivity contribution in [1.82, 2.24) is 5.32 Å². The summed E-state index contributed by atoms with van der Waals surface area (Å²) in [5.41, 5.74) is 1.25. The van der Waals surface area contributed by atoms with Gasteiger partial charge in [-0.1, -0.05) is 6.42 Å². The van der Waals surface area contributed by atoms with Gasteiger partial charge in [-0.3, -0.25) is 9.59 Å². The molecule has 1 aliphatic rings. The molecule has 1 aromatic carbocycles. The van der Waals surface area contributed by atoms with Gasteiger partial charge in [-0.25, -0.2) is 0 Å². The van der Waals surface area contributed by atoms with E-state index in [1.807, 2.05) is 0 Å². The molecule has 21 heavy (non-hydrogen) atoms. The summed E-state index contributed by atoms with van der Waals surface area (Å²) in [6.45, 7) is 2.04. The summed E-state index contributed by atoms with van der Waals surface area (Å²) in [6, 6.07) is 6.80. The Kier molecular flexibility index (Phi) is 5.33. The van der Waals surface area contributed by atoms with Gasteiger partial charge in [0.05, 0.1) is 6.10 Å². The Balaban J connectivity index is 1.84. The molecule has 1 saturated carbocycles. The molecule has 0 saturated heterocycles. The summed E-state index contributed by atoms with van der Waals surface area (Å²) in [4.78, 5) is 23.0. The van der Waals surface area contributed by atoms with E-state index in [1.54, 1.807) is 24.3 Å². The van der Waals surface area contributed by atoms with Crippen LogP contribution in [0.2, 0.25) is 0 Å². The minimum absolute atomic E-state index is 0.121. The normalized spacial score (nSPS) is 21.6. The maximum atomic E-state index is 12.0. The maximum absolute atomic E-state index is 12.0. The van der Waals surface area contributed by atoms with Gasteiger partial charge in [-0.15, -0.1) is 0 Å². The van der Waals surface area contributed by atoms with Crippen LogP contribution in [-0.4, -0.2) is 29.6 Å². The number of hydrogen-bond donors (Lipinski definition) is 3. The van der Waals surface area contributed by atoms with Crippen molar-refractivity contribution in [3.05, 3.63) is 29.8 Å². The van der Waals surface area contributed by atoms with Crippen molar-refractivity contribution in [1.29, 1.82) is 0 Å². The number of carbonyl (C=O) groups excluding carboxylic acids is 2. The molecule has 2 amide bonds. The number of benzene rings is 1. The number of anilines is 1. The SMILES string of the molecule is CC(=O)Nc1ccc(C(=O)NCC2CCCC(O)C2)cc1. The van der Waals surface area contributed by atoms with Crippen molar-refractivity contribution in [2.45, 2.75) is 38.7 Å². The van der Waals surface area contributed by atoms with Gasteiger partial charge in [0.1, 0.15) is 0 Å². The van der Waals surface area contributed by atoms with Gasteiger partial charge in [-0.2, -0.15) is 0 Å². The number of hydrogen-bond acceptors (Lipinski definition) is 3. The predicted molar refractivity (Wildman–Crippen MR) is 81.0 cm³/mol. The monoisotopic (exact) mass is 290 g/mol. The van der Waals surface area contributed by atoms with E-state index >= 15 is 0 Å². The van der Waals surface area contributed by atoms with Crippen LogP contribution < -0.4 is 10.6 Å². The first-order chi connectivity index (χ1) is 10.0. The topological polar surface area (TPSA) is 78.4 Å². The molecule has 2 unspecified atom stereocenters. The highest BCUT2D eigenvalue weighted by Crippen LogP contribution is 2.23. The molecule has 2 atom stereocenters. The fourth-order valence-electron chi connectivity index (χ4n) is 2.70. The Morgan fingerprint density at radius 3 is 2.57 bits per heavy atom. The fraction of sp³-hybridized carbons (Fsp3) is 0.500. The van der Waals surface area contributed by atoms with E-state index in [2.05, 4.69) is 10.6 Å². The lowest BCUT2D eigenvalue weighted by Crippen LogP contribution is -2.32. The van der Waals surface area contributed by atoms with Crippen LogP contribution in [0, 0.1) is 5.92 Å². The van der Waals surface area contributed by atoms with Crippen LogP contribution in [0.4, 0.5) is 5.69 Å². The van der Waals surface area contributed by atoms with Gasteiger partial charge < -0.3 is 15.7 Å².